The van der Waals surface area contributed by atoms with Crippen LogP contribution < -0.4 is 0 Å². The van der Waals surface area contributed by atoms with Crippen molar-refractivity contribution < 1.29 is 5.11 Å². The molecule has 0 bridgehead atoms. The highest BCUT2D eigenvalue weighted by Gasteiger charge is 1.94. The molecule has 0 radical (unpaired) electrons. The summed E-state index contributed by atoms with van der Waals surface area (Å²) < 4.78 is 0. The van der Waals surface area contributed by atoms with Gasteiger partial charge in [0.05, 0.1) is 0 Å². The molecule has 2 nitrogen and oxygen atoms in total. The van der Waals surface area contributed by atoms with Crippen LogP contribution in [0.25, 0.3) is 0 Å². The van der Waals surface area contributed by atoms with E-state index in [0.717, 1.165) is 18.5 Å². The monoisotopic (exact) mass is 150 g/mol. The Kier molecular flexibility index (Phi) is 2.66. The van der Waals surface area contributed by atoms with E-state index < -0.39 is 0 Å². The summed E-state index contributed by atoms with van der Waals surface area (Å²) in [4.78, 5) is 3.75. The van der Waals surface area contributed by atoms with Gasteiger partial charge < -0.3 is 10.1 Å². The number of rotatable bonds is 3. The van der Waals surface area contributed by atoms with Crippen LogP contribution in [-0.2, 0) is 6.42 Å². The molecule has 0 aromatic heterocycles. The number of benzene rings is 1. The van der Waals surface area contributed by atoms with Gasteiger partial charge in [-0.2, -0.15) is 0 Å². The zero-order chi connectivity index (χ0) is 8.10. The lowest BCUT2D eigenvalue weighted by atomic mass is 10.1. The number of aliphatic imine (C=N–C) groups is 1. The van der Waals surface area contributed by atoms with Gasteiger partial charge in [-0.25, -0.2) is 0 Å². The van der Waals surface area contributed by atoms with Gasteiger partial charge >= 0.3 is 0 Å². The molecule has 1 aromatic rings. The Hall–Kier alpha value is -1.31. The van der Waals surface area contributed by atoms with E-state index in [2.05, 4.69) is 11.7 Å². The zero-order valence-corrected chi connectivity index (χ0v) is 6.38. The van der Waals surface area contributed by atoms with Gasteiger partial charge in [-0.3, -0.25) is 0 Å². The molecular formula is C9H12NO+. The Morgan fingerprint density at radius 1 is 1.45 bits per heavy atom. The maximum absolute atomic E-state index is 7.33. The SMILES string of the molecule is C=NCCc1cccc([OH2+])c1. The third kappa shape index (κ3) is 2.42. The third-order valence-electron chi connectivity index (χ3n) is 1.49. The zero-order valence-electron chi connectivity index (χ0n) is 6.38. The second-order valence-corrected chi connectivity index (χ2v) is 2.40. The average molecular weight is 150 g/mol. The minimum absolute atomic E-state index is 0.562. The summed E-state index contributed by atoms with van der Waals surface area (Å²) in [6, 6.07) is 7.51. The molecule has 0 aliphatic rings. The molecule has 0 unspecified atom stereocenters. The summed E-state index contributed by atoms with van der Waals surface area (Å²) in [7, 11) is 0. The predicted molar refractivity (Wildman–Crippen MR) is 47.6 cm³/mol. The topological polar surface area (TPSA) is 35.3 Å². The molecule has 0 aliphatic carbocycles. The maximum Gasteiger partial charge on any atom is 0.254 e. The molecule has 0 aliphatic heterocycles. The lowest BCUT2D eigenvalue weighted by Gasteiger charge is -1.95. The molecule has 1 rings (SSSR count). The van der Waals surface area contributed by atoms with Gasteiger partial charge in [0.25, 0.3) is 5.75 Å². The van der Waals surface area contributed by atoms with E-state index in [4.69, 9.17) is 5.11 Å². The molecule has 2 heteroatoms. The predicted octanol–water partition coefficient (Wildman–Crippen LogP) is 1.37. The van der Waals surface area contributed by atoms with Crippen LogP contribution in [0.5, 0.6) is 5.75 Å². The van der Waals surface area contributed by atoms with Crippen molar-refractivity contribution in [3.05, 3.63) is 29.8 Å². The van der Waals surface area contributed by atoms with Crippen molar-refractivity contribution in [3.8, 4) is 5.75 Å². The summed E-state index contributed by atoms with van der Waals surface area (Å²) in [6.07, 6.45) is 0.885. The molecular weight excluding hydrogens is 138 g/mol. The molecule has 2 N–H and O–H groups in total. The Morgan fingerprint density at radius 3 is 2.91 bits per heavy atom. The van der Waals surface area contributed by atoms with Crippen molar-refractivity contribution in [2.24, 2.45) is 4.99 Å². The number of hydrogen-bond acceptors (Lipinski definition) is 1. The molecule has 0 atom stereocenters. The molecule has 1 aromatic carbocycles. The molecule has 58 valence electrons. The minimum atomic E-state index is 0.562. The highest BCUT2D eigenvalue weighted by molar-refractivity contribution is 5.28. The van der Waals surface area contributed by atoms with Crippen LogP contribution in [0.15, 0.2) is 29.3 Å². The number of hydrogen-bond donors (Lipinski definition) is 0. The van der Waals surface area contributed by atoms with Gasteiger partial charge in [0.15, 0.2) is 0 Å². The molecule has 0 saturated heterocycles. The van der Waals surface area contributed by atoms with Gasteiger partial charge in [0.2, 0.25) is 0 Å². The van der Waals surface area contributed by atoms with Crippen LogP contribution in [-0.4, -0.2) is 18.4 Å². The average Bonchev–Trinajstić information content (AvgIpc) is 2.01. The molecule has 0 amide bonds. The van der Waals surface area contributed by atoms with Crippen molar-refractivity contribution >= 4 is 6.72 Å². The van der Waals surface area contributed by atoms with Crippen molar-refractivity contribution in [3.63, 3.8) is 0 Å². The van der Waals surface area contributed by atoms with E-state index in [1.54, 1.807) is 6.07 Å². The van der Waals surface area contributed by atoms with E-state index in [1.807, 2.05) is 18.2 Å². The van der Waals surface area contributed by atoms with Crippen molar-refractivity contribution in [1.29, 1.82) is 0 Å². The first-order chi connectivity index (χ1) is 5.33. The minimum Gasteiger partial charge on any atom is -0.593 e. The summed E-state index contributed by atoms with van der Waals surface area (Å²) in [6.45, 7) is 4.14. The summed E-state index contributed by atoms with van der Waals surface area (Å²) in [5.74, 6) is 0.562. The van der Waals surface area contributed by atoms with Gasteiger partial charge in [0, 0.05) is 18.7 Å². The molecule has 0 saturated carbocycles. The second kappa shape index (κ2) is 3.76. The maximum atomic E-state index is 7.33. The van der Waals surface area contributed by atoms with E-state index >= 15 is 0 Å². The highest BCUT2D eigenvalue weighted by atomic mass is 16.3. The van der Waals surface area contributed by atoms with Crippen LogP contribution in [0.3, 0.4) is 0 Å². The Labute approximate surface area is 66.2 Å². The fourth-order valence-electron chi connectivity index (χ4n) is 0.935. The van der Waals surface area contributed by atoms with Crippen LogP contribution >= 0.6 is 0 Å². The van der Waals surface area contributed by atoms with Crippen LogP contribution in [0.2, 0.25) is 0 Å². The van der Waals surface area contributed by atoms with E-state index in [1.165, 1.54) is 0 Å². The first-order valence-corrected chi connectivity index (χ1v) is 3.56. The largest absolute Gasteiger partial charge is 0.593 e. The smallest absolute Gasteiger partial charge is 0.254 e. The summed E-state index contributed by atoms with van der Waals surface area (Å²) >= 11 is 0. The Bertz CT molecular complexity index is 245. The molecule has 11 heavy (non-hydrogen) atoms. The fourth-order valence-corrected chi connectivity index (χ4v) is 0.935. The Morgan fingerprint density at radius 2 is 2.27 bits per heavy atom. The first-order valence-electron chi connectivity index (χ1n) is 3.56. The Balaban J connectivity index is 2.63. The van der Waals surface area contributed by atoms with E-state index in [0.29, 0.717) is 5.75 Å². The fraction of sp³-hybridized carbons (Fsp3) is 0.222. The second-order valence-electron chi connectivity index (χ2n) is 2.40. The summed E-state index contributed by atoms with van der Waals surface area (Å²) in [5, 5.41) is 7.33. The van der Waals surface area contributed by atoms with Gasteiger partial charge in [-0.05, 0) is 18.7 Å². The van der Waals surface area contributed by atoms with Crippen molar-refractivity contribution in [2.75, 3.05) is 6.54 Å². The van der Waals surface area contributed by atoms with Gasteiger partial charge in [-0.1, -0.05) is 12.1 Å². The summed E-state index contributed by atoms with van der Waals surface area (Å²) in [5.41, 5.74) is 1.16. The van der Waals surface area contributed by atoms with Crippen LogP contribution in [0, 0.1) is 0 Å². The van der Waals surface area contributed by atoms with Gasteiger partial charge in [0.1, 0.15) is 0 Å². The lowest BCUT2D eigenvalue weighted by Crippen LogP contribution is -1.87. The lowest BCUT2D eigenvalue weighted by molar-refractivity contribution is 0.474. The first kappa shape index (κ1) is 7.79. The van der Waals surface area contributed by atoms with Crippen LogP contribution in [0.4, 0.5) is 0 Å². The number of nitrogens with zero attached hydrogens (tertiary/aromatic N) is 1. The van der Waals surface area contributed by atoms with E-state index in [9.17, 15) is 0 Å². The van der Waals surface area contributed by atoms with Crippen molar-refractivity contribution in [1.82, 2.24) is 0 Å². The molecule has 0 spiro atoms. The van der Waals surface area contributed by atoms with Gasteiger partial charge in [-0.15, -0.1) is 0 Å². The van der Waals surface area contributed by atoms with E-state index in [-0.39, 0.29) is 0 Å². The normalized spacial score (nSPS) is 9.45. The van der Waals surface area contributed by atoms with Crippen molar-refractivity contribution in [2.45, 2.75) is 6.42 Å². The molecule has 0 fully saturated rings. The van der Waals surface area contributed by atoms with Crippen LogP contribution in [0.1, 0.15) is 5.56 Å². The third-order valence-corrected chi connectivity index (χ3v) is 1.49. The quantitative estimate of drug-likeness (QED) is 0.461. The highest BCUT2D eigenvalue weighted by Crippen LogP contribution is 2.10. The standard InChI is InChI=1S/C9H11NO/c1-10-6-5-8-3-2-4-9(11)7-8/h2-4,7,11H,1,5-6H2/p+1. The molecule has 0 heterocycles.